The lowest BCUT2D eigenvalue weighted by Crippen LogP contribution is -2.36. The molecule has 0 aromatic carbocycles. The Balaban J connectivity index is 3.89. The molecule has 0 radical (unpaired) electrons. The van der Waals surface area contributed by atoms with Gasteiger partial charge in [0.25, 0.3) is 0 Å². The van der Waals surface area contributed by atoms with Gasteiger partial charge < -0.3 is 16.3 Å². The summed E-state index contributed by atoms with van der Waals surface area (Å²) in [5.74, 6) is -0.362. The minimum atomic E-state index is -0.503. The van der Waals surface area contributed by atoms with Gasteiger partial charge in [-0.25, -0.2) is 4.79 Å². The Kier molecular flexibility index (Phi) is 4.21. The second-order valence-electron chi connectivity index (χ2n) is 2.11. The van der Waals surface area contributed by atoms with Crippen LogP contribution in [0, 0.1) is 0 Å². The van der Waals surface area contributed by atoms with Crippen LogP contribution in [0.4, 0.5) is 0 Å². The first-order valence-corrected chi connectivity index (χ1v) is 3.34. The zero-order chi connectivity index (χ0) is 8.85. The fourth-order valence-corrected chi connectivity index (χ4v) is 0.394. The van der Waals surface area contributed by atoms with Gasteiger partial charge in [-0.05, 0) is 6.42 Å². The van der Waals surface area contributed by atoms with Crippen LogP contribution in [0.1, 0.15) is 20.3 Å². The van der Waals surface area contributed by atoms with Gasteiger partial charge in [0.1, 0.15) is 0 Å². The summed E-state index contributed by atoms with van der Waals surface area (Å²) >= 11 is 0. The average molecular weight is 159 g/mol. The SMILES string of the molecule is CC[C@H](N)/C(N)=N\OC(C)=O. The first kappa shape index (κ1) is 9.90. The number of nitrogens with zero attached hydrogens (tertiary/aromatic N) is 1. The molecule has 0 aliphatic rings. The van der Waals surface area contributed by atoms with Crippen LogP contribution in [-0.4, -0.2) is 17.8 Å². The molecule has 4 N–H and O–H groups in total. The van der Waals surface area contributed by atoms with E-state index >= 15 is 0 Å². The number of amidine groups is 1. The molecule has 0 unspecified atom stereocenters. The highest BCUT2D eigenvalue weighted by Crippen LogP contribution is 1.87. The number of rotatable bonds is 3. The van der Waals surface area contributed by atoms with E-state index < -0.39 is 5.97 Å². The molecule has 0 aromatic rings. The zero-order valence-corrected chi connectivity index (χ0v) is 6.70. The first-order chi connectivity index (χ1) is 5.07. The van der Waals surface area contributed by atoms with Crippen LogP contribution < -0.4 is 11.5 Å². The topological polar surface area (TPSA) is 90.7 Å². The minimum absolute atomic E-state index is 0.141. The van der Waals surface area contributed by atoms with Gasteiger partial charge in [-0.15, -0.1) is 0 Å². The minimum Gasteiger partial charge on any atom is -0.383 e. The average Bonchev–Trinajstić information content (AvgIpc) is 1.98. The molecule has 0 bridgehead atoms. The van der Waals surface area contributed by atoms with E-state index in [2.05, 4.69) is 9.99 Å². The molecule has 64 valence electrons. The van der Waals surface area contributed by atoms with E-state index in [4.69, 9.17) is 11.5 Å². The van der Waals surface area contributed by atoms with Crippen LogP contribution in [0.15, 0.2) is 5.16 Å². The Labute approximate surface area is 65.4 Å². The Morgan fingerprint density at radius 2 is 2.27 bits per heavy atom. The van der Waals surface area contributed by atoms with Crippen LogP contribution >= 0.6 is 0 Å². The monoisotopic (exact) mass is 159 g/mol. The maximum Gasteiger partial charge on any atom is 0.332 e. The van der Waals surface area contributed by atoms with Crippen molar-refractivity contribution in [1.82, 2.24) is 0 Å². The smallest absolute Gasteiger partial charge is 0.332 e. The van der Waals surface area contributed by atoms with Crippen LogP contribution in [0.3, 0.4) is 0 Å². The van der Waals surface area contributed by atoms with Crippen molar-refractivity contribution in [1.29, 1.82) is 0 Å². The van der Waals surface area contributed by atoms with Crippen molar-refractivity contribution in [3.05, 3.63) is 0 Å². The van der Waals surface area contributed by atoms with Gasteiger partial charge in [-0.3, -0.25) is 0 Å². The van der Waals surface area contributed by atoms with E-state index in [0.717, 1.165) is 0 Å². The standard InChI is InChI=1S/C6H13N3O2/c1-3-5(7)6(8)9-11-4(2)10/h5H,3,7H2,1-2H3,(H2,8,9)/t5-/m0/s1. The summed E-state index contributed by atoms with van der Waals surface area (Å²) in [6.07, 6.45) is 0.663. The highest BCUT2D eigenvalue weighted by Gasteiger charge is 2.04. The van der Waals surface area contributed by atoms with E-state index in [9.17, 15) is 4.79 Å². The molecule has 0 rings (SSSR count). The summed E-state index contributed by atoms with van der Waals surface area (Å²) in [6, 6.07) is -0.339. The molecule has 11 heavy (non-hydrogen) atoms. The summed E-state index contributed by atoms with van der Waals surface area (Å²) in [6.45, 7) is 3.11. The third-order valence-electron chi connectivity index (χ3n) is 1.10. The van der Waals surface area contributed by atoms with Crippen LogP contribution in [0.5, 0.6) is 0 Å². The first-order valence-electron chi connectivity index (χ1n) is 3.34. The van der Waals surface area contributed by atoms with Gasteiger partial charge in [-0.2, -0.15) is 0 Å². The molecule has 0 spiro atoms. The molecular weight excluding hydrogens is 146 g/mol. The van der Waals surface area contributed by atoms with Crippen molar-refractivity contribution in [2.75, 3.05) is 0 Å². The molecule has 0 aromatic heterocycles. The van der Waals surface area contributed by atoms with E-state index in [-0.39, 0.29) is 11.9 Å². The summed E-state index contributed by atoms with van der Waals surface area (Å²) in [5.41, 5.74) is 10.8. The van der Waals surface area contributed by atoms with Gasteiger partial charge >= 0.3 is 5.97 Å². The van der Waals surface area contributed by atoms with Crippen LogP contribution in [0.25, 0.3) is 0 Å². The molecule has 0 amide bonds. The Hall–Kier alpha value is -1.10. The summed E-state index contributed by atoms with van der Waals surface area (Å²) < 4.78 is 0. The maximum absolute atomic E-state index is 10.2. The van der Waals surface area contributed by atoms with Crippen molar-refractivity contribution in [3.63, 3.8) is 0 Å². The summed E-state index contributed by atoms with van der Waals surface area (Å²) in [4.78, 5) is 14.5. The number of carbonyl (C=O) groups is 1. The second kappa shape index (κ2) is 4.68. The van der Waals surface area contributed by atoms with Crippen LogP contribution in [-0.2, 0) is 9.63 Å². The van der Waals surface area contributed by atoms with E-state index in [1.165, 1.54) is 6.92 Å². The number of hydrogen-bond donors (Lipinski definition) is 2. The van der Waals surface area contributed by atoms with Crippen molar-refractivity contribution in [3.8, 4) is 0 Å². The number of nitrogens with two attached hydrogens (primary N) is 2. The number of oxime groups is 1. The summed E-state index contributed by atoms with van der Waals surface area (Å²) in [7, 11) is 0. The van der Waals surface area contributed by atoms with Crippen molar-refractivity contribution in [2.45, 2.75) is 26.3 Å². The molecule has 1 atom stereocenters. The van der Waals surface area contributed by atoms with Crippen LogP contribution in [0.2, 0.25) is 0 Å². The lowest BCUT2D eigenvalue weighted by atomic mass is 10.2. The molecule has 5 heteroatoms. The fourth-order valence-electron chi connectivity index (χ4n) is 0.394. The van der Waals surface area contributed by atoms with Gasteiger partial charge in [0.05, 0.1) is 6.04 Å². The van der Waals surface area contributed by atoms with Gasteiger partial charge in [0, 0.05) is 6.92 Å². The van der Waals surface area contributed by atoms with Gasteiger partial charge in [0.2, 0.25) is 0 Å². The Morgan fingerprint density at radius 3 is 2.64 bits per heavy atom. The van der Waals surface area contributed by atoms with Crippen molar-refractivity contribution in [2.24, 2.45) is 16.6 Å². The van der Waals surface area contributed by atoms with Crippen molar-refractivity contribution >= 4 is 11.8 Å². The second-order valence-corrected chi connectivity index (χ2v) is 2.11. The predicted molar refractivity (Wildman–Crippen MR) is 41.7 cm³/mol. The Morgan fingerprint density at radius 1 is 1.73 bits per heavy atom. The highest BCUT2D eigenvalue weighted by molar-refractivity contribution is 5.85. The normalized spacial score (nSPS) is 14.3. The highest BCUT2D eigenvalue weighted by atomic mass is 16.7. The maximum atomic E-state index is 10.2. The number of hydrogen-bond acceptors (Lipinski definition) is 4. The van der Waals surface area contributed by atoms with Gasteiger partial charge in [-0.1, -0.05) is 12.1 Å². The van der Waals surface area contributed by atoms with E-state index in [1.807, 2.05) is 6.92 Å². The molecular formula is C6H13N3O2. The van der Waals surface area contributed by atoms with E-state index in [1.54, 1.807) is 0 Å². The fraction of sp³-hybridized carbons (Fsp3) is 0.667. The summed E-state index contributed by atoms with van der Waals surface area (Å²) in [5, 5.41) is 3.31. The quantitative estimate of drug-likeness (QED) is 0.253. The molecule has 0 aliphatic carbocycles. The van der Waals surface area contributed by atoms with E-state index in [0.29, 0.717) is 6.42 Å². The van der Waals surface area contributed by atoms with Gasteiger partial charge in [0.15, 0.2) is 5.84 Å². The number of carbonyl (C=O) groups excluding carboxylic acids is 1. The molecule has 0 heterocycles. The lowest BCUT2D eigenvalue weighted by molar-refractivity contribution is -0.140. The van der Waals surface area contributed by atoms with Crippen molar-refractivity contribution < 1.29 is 9.63 Å². The molecule has 0 saturated carbocycles. The third kappa shape index (κ3) is 4.32. The molecule has 5 nitrogen and oxygen atoms in total. The molecule has 0 aliphatic heterocycles. The Bertz CT molecular complexity index is 167. The zero-order valence-electron chi connectivity index (χ0n) is 6.70. The lowest BCUT2D eigenvalue weighted by Gasteiger charge is -2.05. The largest absolute Gasteiger partial charge is 0.383 e. The molecule has 0 fully saturated rings. The third-order valence-corrected chi connectivity index (χ3v) is 1.10. The molecule has 0 saturated heterocycles. The predicted octanol–water partition coefficient (Wildman–Crippen LogP) is -0.441.